The number of fused-ring (bicyclic) bond motifs is 2. The lowest BCUT2D eigenvalue weighted by Gasteiger charge is -2.22. The van der Waals surface area contributed by atoms with Crippen LogP contribution in [0.2, 0.25) is 0 Å². The third-order valence-electron chi connectivity index (χ3n) is 7.84. The van der Waals surface area contributed by atoms with Gasteiger partial charge in [0.25, 0.3) is 0 Å². The van der Waals surface area contributed by atoms with E-state index in [1.807, 2.05) is 79.7 Å². The molecule has 2 aliphatic heterocycles. The fraction of sp³-hybridized carbons (Fsp3) is 0.500. The second-order valence-corrected chi connectivity index (χ2v) is 11.4. The number of hydrogen-bond donors (Lipinski definition) is 2. The summed E-state index contributed by atoms with van der Waals surface area (Å²) in [5.74, 6) is -3.34. The average molecular weight is 701 g/mol. The van der Waals surface area contributed by atoms with Crippen LogP contribution < -0.4 is 22.0 Å². The Bertz CT molecular complexity index is 1950. The summed E-state index contributed by atoms with van der Waals surface area (Å²) in [5.41, 5.74) is 0.231. The number of carbonyl (C=O) groups is 4. The van der Waals surface area contributed by atoms with E-state index in [2.05, 4.69) is 10.6 Å². The molecule has 4 heterocycles. The second kappa shape index (κ2) is 18.2. The first-order chi connectivity index (χ1) is 23.8. The molecule has 2 saturated heterocycles. The molecule has 50 heavy (non-hydrogen) atoms. The zero-order chi connectivity index (χ0) is 38.0. The van der Waals surface area contributed by atoms with Crippen molar-refractivity contribution in [1.82, 2.24) is 28.9 Å². The molecule has 14 heteroatoms. The van der Waals surface area contributed by atoms with Crippen molar-refractivity contribution in [3.8, 4) is 0 Å². The van der Waals surface area contributed by atoms with E-state index in [0.717, 1.165) is 32.3 Å². The third kappa shape index (κ3) is 8.11. The van der Waals surface area contributed by atoms with Gasteiger partial charge < -0.3 is 0 Å². The van der Waals surface area contributed by atoms with E-state index in [-0.39, 0.29) is 47.9 Å². The number of amides is 4. The predicted octanol–water partition coefficient (Wildman–Crippen LogP) is 6.08. The molecule has 2 atom stereocenters. The van der Waals surface area contributed by atoms with E-state index >= 15 is 0 Å². The fourth-order valence-corrected chi connectivity index (χ4v) is 5.92. The summed E-state index contributed by atoms with van der Waals surface area (Å²) in [6.07, 6.45) is 0.715. The number of carbonyl (C=O) groups excluding carboxylic acids is 4. The molecule has 2 N–H and O–H groups in total. The number of halogens is 2. The molecule has 0 spiro atoms. The molecule has 2 aromatic carbocycles. The van der Waals surface area contributed by atoms with Crippen LogP contribution in [0.25, 0.3) is 22.1 Å². The zero-order valence-corrected chi connectivity index (χ0v) is 30.6. The fourth-order valence-electron chi connectivity index (χ4n) is 5.92. The highest BCUT2D eigenvalue weighted by Gasteiger charge is 2.34. The molecule has 12 nitrogen and oxygen atoms in total. The monoisotopic (exact) mass is 700 g/mol. The van der Waals surface area contributed by atoms with Crippen molar-refractivity contribution in [2.45, 2.75) is 119 Å². The van der Waals surface area contributed by atoms with Gasteiger partial charge in [-0.2, -0.15) is 0 Å². The summed E-state index contributed by atoms with van der Waals surface area (Å²) in [6.45, 7) is 19.2. The van der Waals surface area contributed by atoms with Crippen LogP contribution in [0.3, 0.4) is 0 Å². The van der Waals surface area contributed by atoms with Gasteiger partial charge in [-0.05, 0) is 64.8 Å². The van der Waals surface area contributed by atoms with Crippen LogP contribution in [0.1, 0.15) is 119 Å². The highest BCUT2D eigenvalue weighted by Crippen LogP contribution is 2.28. The van der Waals surface area contributed by atoms with Crippen molar-refractivity contribution in [3.63, 3.8) is 0 Å². The number of hydrogen-bond acceptors (Lipinski definition) is 6. The van der Waals surface area contributed by atoms with Gasteiger partial charge in [0, 0.05) is 24.9 Å². The lowest BCUT2D eigenvalue weighted by atomic mass is 10.1. The van der Waals surface area contributed by atoms with Crippen molar-refractivity contribution in [3.05, 3.63) is 69.0 Å². The molecule has 2 unspecified atom stereocenters. The highest BCUT2D eigenvalue weighted by molar-refractivity contribution is 6.00. The SMILES string of the molecule is CC.CC.CC.CC(C)n1c(=O)n(C2CCC(=O)NC2=O)c2c(F)ccc(F)c21.CC(C)n1c(=O)n(C2CCC(=O)NC2=O)c2ccccc21. The smallest absolute Gasteiger partial charge is 0.295 e. The Kier molecular flexibility index (Phi) is 15.0. The number of rotatable bonds is 4. The first-order valence-electron chi connectivity index (χ1n) is 17.3. The summed E-state index contributed by atoms with van der Waals surface area (Å²) in [5, 5.41) is 4.44. The van der Waals surface area contributed by atoms with E-state index in [1.165, 1.54) is 4.57 Å². The summed E-state index contributed by atoms with van der Waals surface area (Å²) in [4.78, 5) is 72.1. The summed E-state index contributed by atoms with van der Waals surface area (Å²) in [6, 6.07) is 7.20. The third-order valence-corrected chi connectivity index (χ3v) is 7.84. The number of imide groups is 2. The first kappa shape index (κ1) is 41.3. The molecule has 4 amide bonds. The summed E-state index contributed by atoms with van der Waals surface area (Å²) >= 11 is 0. The molecule has 0 aliphatic carbocycles. The van der Waals surface area contributed by atoms with E-state index in [4.69, 9.17) is 0 Å². The Labute approximate surface area is 290 Å². The second-order valence-electron chi connectivity index (χ2n) is 11.4. The minimum atomic E-state index is -1.04. The van der Waals surface area contributed by atoms with Gasteiger partial charge in [0.1, 0.15) is 34.8 Å². The summed E-state index contributed by atoms with van der Waals surface area (Å²) in [7, 11) is 0. The Morgan fingerprint density at radius 3 is 1.42 bits per heavy atom. The van der Waals surface area contributed by atoms with Gasteiger partial charge in [-0.3, -0.25) is 48.1 Å². The molecule has 2 aliphatic rings. The molecule has 0 bridgehead atoms. The standard InChI is InChI=1S/C15H15F2N3O3.C15H17N3O3.3C2H6/c1-7(2)19-12-8(16)3-4-9(17)13(12)20(15(19)23)10-5-6-11(21)18-14(10)22;1-9(2)17-10-5-3-4-6-11(10)18(15(17)21)12-7-8-13(19)16-14(12)20;3*1-2/h3-4,7,10H,5-6H2,1-2H3,(H,18,21,22);3-6,9,12H,7-8H2,1-2H3,(H,16,19,20);3*1-2H3. The van der Waals surface area contributed by atoms with Crippen LogP contribution in [0.4, 0.5) is 8.78 Å². The number of nitrogens with zero attached hydrogens (tertiary/aromatic N) is 4. The van der Waals surface area contributed by atoms with Crippen LogP contribution in [-0.2, 0) is 19.2 Å². The van der Waals surface area contributed by atoms with Crippen molar-refractivity contribution >= 4 is 45.7 Å². The summed E-state index contributed by atoms with van der Waals surface area (Å²) < 4.78 is 33.8. The van der Waals surface area contributed by atoms with Gasteiger partial charge in [-0.1, -0.05) is 53.7 Å². The van der Waals surface area contributed by atoms with Crippen molar-refractivity contribution in [2.75, 3.05) is 0 Å². The zero-order valence-electron chi connectivity index (χ0n) is 30.6. The molecule has 2 aromatic heterocycles. The van der Waals surface area contributed by atoms with Gasteiger partial charge in [-0.25, -0.2) is 18.4 Å². The lowest BCUT2D eigenvalue weighted by Crippen LogP contribution is -2.44. The van der Waals surface area contributed by atoms with Crippen LogP contribution in [-0.4, -0.2) is 41.9 Å². The van der Waals surface area contributed by atoms with Crippen molar-refractivity contribution in [2.24, 2.45) is 0 Å². The topological polar surface area (TPSA) is 146 Å². The first-order valence-corrected chi connectivity index (χ1v) is 17.3. The number of imidazole rings is 2. The van der Waals surface area contributed by atoms with Crippen LogP contribution >= 0.6 is 0 Å². The largest absolute Gasteiger partial charge is 0.330 e. The Morgan fingerprint density at radius 1 is 0.580 bits per heavy atom. The predicted molar refractivity (Wildman–Crippen MR) is 190 cm³/mol. The number of aromatic nitrogens is 4. The Morgan fingerprint density at radius 2 is 0.980 bits per heavy atom. The minimum Gasteiger partial charge on any atom is -0.295 e. The number of benzene rings is 2. The van der Waals surface area contributed by atoms with Gasteiger partial charge in [0.15, 0.2) is 0 Å². The van der Waals surface area contributed by atoms with Gasteiger partial charge in [0.2, 0.25) is 23.6 Å². The molecule has 0 saturated carbocycles. The van der Waals surface area contributed by atoms with E-state index < -0.39 is 53.2 Å². The highest BCUT2D eigenvalue weighted by atomic mass is 19.1. The van der Waals surface area contributed by atoms with Crippen molar-refractivity contribution in [1.29, 1.82) is 0 Å². The molecular weight excluding hydrogens is 650 g/mol. The minimum absolute atomic E-state index is 0.00284. The normalized spacial score (nSPS) is 17.1. The molecular formula is C36H50F2N6O6. The molecule has 4 aromatic rings. The average Bonchev–Trinajstić information content (AvgIpc) is 3.57. The van der Waals surface area contributed by atoms with Gasteiger partial charge in [0.05, 0.1) is 11.0 Å². The van der Waals surface area contributed by atoms with E-state index in [9.17, 15) is 37.5 Å². The lowest BCUT2D eigenvalue weighted by molar-refractivity contribution is -0.137. The van der Waals surface area contributed by atoms with Crippen LogP contribution in [0.5, 0.6) is 0 Å². The molecule has 274 valence electrons. The molecule has 2 fully saturated rings. The van der Waals surface area contributed by atoms with Crippen LogP contribution in [0, 0.1) is 11.6 Å². The van der Waals surface area contributed by atoms with Gasteiger partial charge >= 0.3 is 11.4 Å². The van der Waals surface area contributed by atoms with Crippen molar-refractivity contribution < 1.29 is 28.0 Å². The van der Waals surface area contributed by atoms with E-state index in [0.29, 0.717) is 6.42 Å². The van der Waals surface area contributed by atoms with Crippen LogP contribution in [0.15, 0.2) is 46.0 Å². The maximum atomic E-state index is 14.3. The van der Waals surface area contributed by atoms with E-state index in [1.54, 1.807) is 18.4 Å². The van der Waals surface area contributed by atoms with Gasteiger partial charge in [-0.15, -0.1) is 0 Å². The number of piperidine rings is 2. The number of nitrogens with one attached hydrogen (secondary N) is 2. The molecule has 6 rings (SSSR count). The quantitative estimate of drug-likeness (QED) is 0.247. The molecule has 0 radical (unpaired) electrons. The number of para-hydroxylation sites is 2. The maximum absolute atomic E-state index is 14.3. The maximum Gasteiger partial charge on any atom is 0.330 e. The Hall–Kier alpha value is -4.88. The Balaban J connectivity index is 0.000000303.